The molecule has 2 heterocycles. The molecule has 3 N–H and O–H groups in total. The number of carbonyl (C=O) groups is 1. The zero-order valence-electron chi connectivity index (χ0n) is 12.1. The van der Waals surface area contributed by atoms with Gasteiger partial charge >= 0.3 is 0 Å². The van der Waals surface area contributed by atoms with Crippen molar-refractivity contribution < 1.29 is 4.79 Å². The quantitative estimate of drug-likeness (QED) is 0.874. The number of aromatic nitrogens is 3. The van der Waals surface area contributed by atoms with Gasteiger partial charge in [0.15, 0.2) is 5.65 Å². The highest BCUT2D eigenvalue weighted by atomic mass is 16.2. The SMILES string of the molecule is CCCC(N)C(=O)Nc1cnc2c(cnn2C(C)C)c1. The largest absolute Gasteiger partial charge is 0.323 e. The van der Waals surface area contributed by atoms with Gasteiger partial charge in [0.2, 0.25) is 5.91 Å². The number of hydrogen-bond acceptors (Lipinski definition) is 4. The van der Waals surface area contributed by atoms with Gasteiger partial charge in [-0.3, -0.25) is 4.79 Å². The Bertz CT molecular complexity index is 605. The monoisotopic (exact) mass is 275 g/mol. The van der Waals surface area contributed by atoms with Crippen molar-refractivity contribution in [3.63, 3.8) is 0 Å². The Morgan fingerprint density at radius 3 is 2.85 bits per heavy atom. The molecule has 0 saturated heterocycles. The summed E-state index contributed by atoms with van der Waals surface area (Å²) in [4.78, 5) is 16.2. The standard InChI is InChI=1S/C14H21N5O/c1-4-5-12(15)14(20)18-11-6-10-7-17-19(9(2)3)13(10)16-8-11/h6-9,12H,4-5,15H2,1-3H3,(H,18,20). The first-order valence-electron chi connectivity index (χ1n) is 6.92. The van der Waals surface area contributed by atoms with E-state index in [1.807, 2.05) is 31.5 Å². The molecule has 6 heteroatoms. The molecule has 0 bridgehead atoms. The molecule has 0 saturated carbocycles. The average molecular weight is 275 g/mol. The van der Waals surface area contributed by atoms with Gasteiger partial charge in [-0.25, -0.2) is 9.67 Å². The molecule has 0 aliphatic heterocycles. The minimum atomic E-state index is -0.478. The van der Waals surface area contributed by atoms with Crippen molar-refractivity contribution in [2.45, 2.75) is 45.7 Å². The highest BCUT2D eigenvalue weighted by molar-refractivity contribution is 5.95. The van der Waals surface area contributed by atoms with Gasteiger partial charge in [0.1, 0.15) is 0 Å². The molecular weight excluding hydrogens is 254 g/mol. The highest BCUT2D eigenvalue weighted by Crippen LogP contribution is 2.19. The van der Waals surface area contributed by atoms with Crippen LogP contribution in [0.15, 0.2) is 18.5 Å². The van der Waals surface area contributed by atoms with Crippen molar-refractivity contribution in [1.82, 2.24) is 14.8 Å². The summed E-state index contributed by atoms with van der Waals surface area (Å²) in [5.74, 6) is -0.177. The number of pyridine rings is 1. The van der Waals surface area contributed by atoms with E-state index in [9.17, 15) is 4.79 Å². The molecule has 20 heavy (non-hydrogen) atoms. The fourth-order valence-corrected chi connectivity index (χ4v) is 2.06. The van der Waals surface area contributed by atoms with Gasteiger partial charge in [-0.2, -0.15) is 5.10 Å². The van der Waals surface area contributed by atoms with E-state index in [1.165, 1.54) is 0 Å². The lowest BCUT2D eigenvalue weighted by molar-refractivity contribution is -0.117. The molecule has 0 fully saturated rings. The Kier molecular flexibility index (Phi) is 4.34. The number of carbonyl (C=O) groups excluding carboxylic acids is 1. The second kappa shape index (κ2) is 6.00. The van der Waals surface area contributed by atoms with E-state index >= 15 is 0 Å². The van der Waals surface area contributed by atoms with Gasteiger partial charge in [0.05, 0.1) is 24.1 Å². The summed E-state index contributed by atoms with van der Waals surface area (Å²) in [6.45, 7) is 6.10. The fourth-order valence-electron chi connectivity index (χ4n) is 2.06. The predicted octanol–water partition coefficient (Wildman–Crippen LogP) is 2.08. The minimum absolute atomic E-state index is 0.177. The highest BCUT2D eigenvalue weighted by Gasteiger charge is 2.13. The molecule has 2 aromatic rings. The van der Waals surface area contributed by atoms with Crippen LogP contribution in [0.5, 0.6) is 0 Å². The molecule has 0 aliphatic carbocycles. The number of fused-ring (bicyclic) bond motifs is 1. The van der Waals surface area contributed by atoms with E-state index in [2.05, 4.69) is 15.4 Å². The number of nitrogens with zero attached hydrogens (tertiary/aromatic N) is 3. The van der Waals surface area contributed by atoms with Crippen molar-refractivity contribution >= 4 is 22.6 Å². The number of nitrogens with two attached hydrogens (primary N) is 1. The third-order valence-electron chi connectivity index (χ3n) is 3.13. The molecule has 2 rings (SSSR count). The molecule has 2 aromatic heterocycles. The van der Waals surface area contributed by atoms with Crippen LogP contribution in [-0.4, -0.2) is 26.7 Å². The average Bonchev–Trinajstić information content (AvgIpc) is 2.82. The maximum atomic E-state index is 11.9. The molecule has 1 amide bonds. The summed E-state index contributed by atoms with van der Waals surface area (Å²) < 4.78 is 1.85. The zero-order valence-corrected chi connectivity index (χ0v) is 12.1. The van der Waals surface area contributed by atoms with Crippen LogP contribution in [0.3, 0.4) is 0 Å². The van der Waals surface area contributed by atoms with Gasteiger partial charge in [-0.1, -0.05) is 13.3 Å². The van der Waals surface area contributed by atoms with Crippen molar-refractivity contribution in [3.05, 3.63) is 18.5 Å². The first-order chi connectivity index (χ1) is 9.52. The maximum Gasteiger partial charge on any atom is 0.241 e. The lowest BCUT2D eigenvalue weighted by atomic mass is 10.1. The topological polar surface area (TPSA) is 85.8 Å². The van der Waals surface area contributed by atoms with Crippen molar-refractivity contribution in [2.24, 2.45) is 5.73 Å². The fraction of sp³-hybridized carbons (Fsp3) is 0.500. The summed E-state index contributed by atoms with van der Waals surface area (Å²) in [7, 11) is 0. The Hall–Kier alpha value is -1.95. The van der Waals surface area contributed by atoms with Crippen LogP contribution in [0, 0.1) is 0 Å². The Labute approximate surface area is 118 Å². The maximum absolute atomic E-state index is 11.9. The summed E-state index contributed by atoms with van der Waals surface area (Å²) in [6.07, 6.45) is 4.95. The molecule has 1 unspecified atom stereocenters. The van der Waals surface area contributed by atoms with Crippen LogP contribution in [0.25, 0.3) is 11.0 Å². The lowest BCUT2D eigenvalue weighted by Crippen LogP contribution is -2.35. The summed E-state index contributed by atoms with van der Waals surface area (Å²) >= 11 is 0. The molecule has 0 radical (unpaired) electrons. The minimum Gasteiger partial charge on any atom is -0.323 e. The lowest BCUT2D eigenvalue weighted by Gasteiger charge is -2.11. The van der Waals surface area contributed by atoms with Gasteiger partial charge in [0.25, 0.3) is 0 Å². The van der Waals surface area contributed by atoms with Crippen LogP contribution < -0.4 is 11.1 Å². The van der Waals surface area contributed by atoms with Gasteiger partial charge < -0.3 is 11.1 Å². The van der Waals surface area contributed by atoms with E-state index in [4.69, 9.17) is 5.73 Å². The third-order valence-corrected chi connectivity index (χ3v) is 3.13. The normalized spacial score (nSPS) is 12.8. The second-order valence-electron chi connectivity index (χ2n) is 5.20. The molecule has 6 nitrogen and oxygen atoms in total. The number of anilines is 1. The van der Waals surface area contributed by atoms with E-state index in [0.29, 0.717) is 12.1 Å². The van der Waals surface area contributed by atoms with Crippen LogP contribution in [0.4, 0.5) is 5.69 Å². The number of nitrogens with one attached hydrogen (secondary N) is 1. The number of amides is 1. The molecule has 0 spiro atoms. The molecular formula is C14H21N5O. The Morgan fingerprint density at radius 1 is 1.45 bits per heavy atom. The van der Waals surface area contributed by atoms with E-state index < -0.39 is 6.04 Å². The van der Waals surface area contributed by atoms with Gasteiger partial charge in [0, 0.05) is 11.4 Å². The summed E-state index contributed by atoms with van der Waals surface area (Å²) in [5, 5.41) is 7.99. The third kappa shape index (κ3) is 2.96. The molecule has 0 aromatic carbocycles. The van der Waals surface area contributed by atoms with Crippen LogP contribution in [-0.2, 0) is 4.79 Å². The van der Waals surface area contributed by atoms with Gasteiger partial charge in [-0.05, 0) is 26.3 Å². The van der Waals surface area contributed by atoms with Crippen molar-refractivity contribution in [2.75, 3.05) is 5.32 Å². The number of hydrogen-bond donors (Lipinski definition) is 2. The molecule has 1 atom stereocenters. The smallest absolute Gasteiger partial charge is 0.241 e. The summed E-state index contributed by atoms with van der Waals surface area (Å²) in [6, 6.07) is 1.64. The Morgan fingerprint density at radius 2 is 2.20 bits per heavy atom. The Balaban J connectivity index is 2.18. The van der Waals surface area contributed by atoms with E-state index in [0.717, 1.165) is 17.5 Å². The number of rotatable bonds is 5. The molecule has 0 aliphatic rings. The van der Waals surface area contributed by atoms with E-state index in [-0.39, 0.29) is 11.9 Å². The predicted molar refractivity (Wildman–Crippen MR) is 79.4 cm³/mol. The van der Waals surface area contributed by atoms with Crippen LogP contribution in [0.2, 0.25) is 0 Å². The van der Waals surface area contributed by atoms with Crippen LogP contribution in [0.1, 0.15) is 39.7 Å². The second-order valence-corrected chi connectivity index (χ2v) is 5.20. The van der Waals surface area contributed by atoms with Crippen molar-refractivity contribution in [3.8, 4) is 0 Å². The van der Waals surface area contributed by atoms with E-state index in [1.54, 1.807) is 12.4 Å². The zero-order chi connectivity index (χ0) is 14.7. The van der Waals surface area contributed by atoms with Gasteiger partial charge in [-0.15, -0.1) is 0 Å². The first-order valence-corrected chi connectivity index (χ1v) is 6.92. The first kappa shape index (κ1) is 14.5. The van der Waals surface area contributed by atoms with Crippen molar-refractivity contribution in [1.29, 1.82) is 0 Å². The summed E-state index contributed by atoms with van der Waals surface area (Å²) in [5.41, 5.74) is 7.25. The van der Waals surface area contributed by atoms with Crippen LogP contribution >= 0.6 is 0 Å². The molecule has 108 valence electrons.